The summed E-state index contributed by atoms with van der Waals surface area (Å²) in [7, 11) is 0. The number of hydrogen-bond acceptors (Lipinski definition) is 4. The third-order valence-electron chi connectivity index (χ3n) is 4.67. The van der Waals surface area contributed by atoms with Crippen LogP contribution in [0.1, 0.15) is 39.8 Å². The van der Waals surface area contributed by atoms with E-state index in [0.717, 1.165) is 19.6 Å². The maximum atomic E-state index is 13.0. The van der Waals surface area contributed by atoms with Crippen LogP contribution in [0.2, 0.25) is 0 Å². The fourth-order valence-electron chi connectivity index (χ4n) is 3.04. The van der Waals surface area contributed by atoms with E-state index in [0.29, 0.717) is 24.6 Å². The average Bonchev–Trinajstić information content (AvgIpc) is 3.36. The number of halogens is 1. The first-order valence-electron chi connectivity index (χ1n) is 8.40. The normalized spacial score (nSPS) is 18.8. The molecule has 126 valence electrons. The molecule has 2 aliphatic rings. The number of benzene rings is 1. The van der Waals surface area contributed by atoms with Gasteiger partial charge in [-0.2, -0.15) is 0 Å². The molecule has 0 radical (unpaired) electrons. The van der Waals surface area contributed by atoms with Crippen LogP contribution >= 0.6 is 11.3 Å². The predicted octanol–water partition coefficient (Wildman–Crippen LogP) is 3.12. The summed E-state index contributed by atoms with van der Waals surface area (Å²) >= 11 is 1.75. The molecule has 0 bridgehead atoms. The van der Waals surface area contributed by atoms with Crippen molar-refractivity contribution in [2.24, 2.45) is 0 Å². The topological polar surface area (TPSA) is 36.4 Å². The van der Waals surface area contributed by atoms with Crippen LogP contribution in [-0.4, -0.2) is 46.9 Å². The van der Waals surface area contributed by atoms with Gasteiger partial charge in [-0.25, -0.2) is 9.37 Å². The highest BCUT2D eigenvalue weighted by atomic mass is 32.1. The molecule has 1 saturated heterocycles. The number of aromatic nitrogens is 1. The van der Waals surface area contributed by atoms with E-state index in [1.54, 1.807) is 23.5 Å². The van der Waals surface area contributed by atoms with Crippen LogP contribution in [0, 0.1) is 5.82 Å². The van der Waals surface area contributed by atoms with Crippen molar-refractivity contribution in [1.29, 1.82) is 0 Å². The molecule has 4 rings (SSSR count). The lowest BCUT2D eigenvalue weighted by atomic mass is 10.2. The molecule has 1 aliphatic carbocycles. The Hall–Kier alpha value is -1.79. The highest BCUT2D eigenvalue weighted by Crippen LogP contribution is 2.40. The van der Waals surface area contributed by atoms with Crippen molar-refractivity contribution in [3.8, 4) is 0 Å². The third-order valence-corrected chi connectivity index (χ3v) is 5.53. The Labute approximate surface area is 144 Å². The number of carbonyl (C=O) groups is 1. The van der Waals surface area contributed by atoms with Crippen LogP contribution in [0.3, 0.4) is 0 Å². The second-order valence-corrected chi connectivity index (χ2v) is 7.46. The van der Waals surface area contributed by atoms with Gasteiger partial charge in [0.25, 0.3) is 5.91 Å². The van der Waals surface area contributed by atoms with Crippen molar-refractivity contribution in [2.45, 2.75) is 25.3 Å². The molecule has 1 saturated carbocycles. The number of piperazine rings is 1. The smallest absolute Gasteiger partial charge is 0.253 e. The lowest BCUT2D eigenvalue weighted by molar-refractivity contribution is 0.0628. The Kier molecular flexibility index (Phi) is 4.33. The van der Waals surface area contributed by atoms with Gasteiger partial charge in [0, 0.05) is 43.0 Å². The Morgan fingerprint density at radius 2 is 1.88 bits per heavy atom. The van der Waals surface area contributed by atoms with Gasteiger partial charge in [-0.15, -0.1) is 11.3 Å². The molecule has 1 aromatic carbocycles. The summed E-state index contributed by atoms with van der Waals surface area (Å²) in [6, 6.07) is 5.78. The molecule has 1 aliphatic heterocycles. The Morgan fingerprint density at radius 3 is 2.54 bits per heavy atom. The maximum absolute atomic E-state index is 13.0. The predicted molar refractivity (Wildman–Crippen MR) is 91.7 cm³/mol. The fourth-order valence-corrected chi connectivity index (χ4v) is 3.96. The lowest BCUT2D eigenvalue weighted by Crippen LogP contribution is -2.48. The van der Waals surface area contributed by atoms with Crippen molar-refractivity contribution in [3.63, 3.8) is 0 Å². The summed E-state index contributed by atoms with van der Waals surface area (Å²) in [5.41, 5.74) is 1.82. The minimum Gasteiger partial charge on any atom is -0.336 e. The molecule has 0 spiro atoms. The zero-order valence-electron chi connectivity index (χ0n) is 13.4. The summed E-state index contributed by atoms with van der Waals surface area (Å²) < 4.78 is 13.0. The maximum Gasteiger partial charge on any atom is 0.253 e. The van der Waals surface area contributed by atoms with Crippen molar-refractivity contribution in [3.05, 3.63) is 51.7 Å². The van der Waals surface area contributed by atoms with Crippen molar-refractivity contribution in [2.75, 3.05) is 26.2 Å². The van der Waals surface area contributed by atoms with Gasteiger partial charge in [0.1, 0.15) is 10.8 Å². The molecule has 0 unspecified atom stereocenters. The number of nitrogens with zero attached hydrogens (tertiary/aromatic N) is 3. The summed E-state index contributed by atoms with van der Waals surface area (Å²) in [5, 5.41) is 3.37. The molecule has 2 heterocycles. The molecule has 24 heavy (non-hydrogen) atoms. The summed E-state index contributed by atoms with van der Waals surface area (Å²) in [6.07, 6.45) is 2.57. The Bertz CT molecular complexity index is 718. The molecule has 1 amide bonds. The number of carbonyl (C=O) groups excluding carboxylic acids is 1. The van der Waals surface area contributed by atoms with E-state index in [-0.39, 0.29) is 11.7 Å². The highest BCUT2D eigenvalue weighted by molar-refractivity contribution is 7.09. The lowest BCUT2D eigenvalue weighted by Gasteiger charge is -2.34. The molecule has 6 heteroatoms. The van der Waals surface area contributed by atoms with Gasteiger partial charge in [-0.05, 0) is 37.1 Å². The van der Waals surface area contributed by atoms with Crippen molar-refractivity contribution < 1.29 is 9.18 Å². The molecule has 0 atom stereocenters. The van der Waals surface area contributed by atoms with Crippen LogP contribution in [-0.2, 0) is 6.54 Å². The van der Waals surface area contributed by atoms with Crippen LogP contribution < -0.4 is 0 Å². The van der Waals surface area contributed by atoms with Gasteiger partial charge in [0.15, 0.2) is 0 Å². The third kappa shape index (κ3) is 3.49. The molecule has 1 aromatic heterocycles. The SMILES string of the molecule is O=C(c1ccc(F)cc1)N1CCN(Cc2nc(C3CC3)cs2)CC1. The number of thiazole rings is 1. The van der Waals surface area contributed by atoms with E-state index >= 15 is 0 Å². The van der Waals surface area contributed by atoms with E-state index in [9.17, 15) is 9.18 Å². The number of amides is 1. The van der Waals surface area contributed by atoms with E-state index < -0.39 is 0 Å². The standard InChI is InChI=1S/C18H20FN3OS/c19-15-5-3-14(4-6-15)18(23)22-9-7-21(8-10-22)11-17-20-16(12-24-17)13-1-2-13/h3-6,12-13H,1-2,7-11H2. The molecule has 2 aromatic rings. The van der Waals surface area contributed by atoms with E-state index in [1.165, 1.54) is 35.7 Å². The summed E-state index contributed by atoms with van der Waals surface area (Å²) in [5.74, 6) is 0.380. The summed E-state index contributed by atoms with van der Waals surface area (Å²) in [6.45, 7) is 3.99. The first-order valence-corrected chi connectivity index (χ1v) is 9.28. The number of hydrogen-bond donors (Lipinski definition) is 0. The quantitative estimate of drug-likeness (QED) is 0.854. The molecule has 0 N–H and O–H groups in total. The van der Waals surface area contributed by atoms with Crippen molar-refractivity contribution >= 4 is 17.2 Å². The van der Waals surface area contributed by atoms with Crippen LogP contribution in [0.5, 0.6) is 0 Å². The van der Waals surface area contributed by atoms with E-state index in [2.05, 4.69) is 10.3 Å². The van der Waals surface area contributed by atoms with Gasteiger partial charge >= 0.3 is 0 Å². The monoisotopic (exact) mass is 345 g/mol. The summed E-state index contributed by atoms with van der Waals surface area (Å²) in [4.78, 5) is 21.4. The van der Waals surface area contributed by atoms with Crippen LogP contribution in [0.15, 0.2) is 29.6 Å². The van der Waals surface area contributed by atoms with Gasteiger partial charge in [-0.3, -0.25) is 9.69 Å². The minimum atomic E-state index is -0.314. The van der Waals surface area contributed by atoms with Gasteiger partial charge in [0.05, 0.1) is 12.2 Å². The first-order chi connectivity index (χ1) is 11.7. The second-order valence-electron chi connectivity index (χ2n) is 6.52. The van der Waals surface area contributed by atoms with E-state index in [1.807, 2.05) is 4.90 Å². The van der Waals surface area contributed by atoms with Gasteiger partial charge in [-0.1, -0.05) is 0 Å². The van der Waals surface area contributed by atoms with Gasteiger partial charge < -0.3 is 4.90 Å². The first kappa shape index (κ1) is 15.7. The molecular formula is C18H20FN3OS. The fraction of sp³-hybridized carbons (Fsp3) is 0.444. The zero-order chi connectivity index (χ0) is 16.5. The van der Waals surface area contributed by atoms with Crippen LogP contribution in [0.4, 0.5) is 4.39 Å². The van der Waals surface area contributed by atoms with Crippen molar-refractivity contribution in [1.82, 2.24) is 14.8 Å². The number of rotatable bonds is 4. The van der Waals surface area contributed by atoms with Crippen LogP contribution in [0.25, 0.3) is 0 Å². The Balaban J connectivity index is 1.30. The highest BCUT2D eigenvalue weighted by Gasteiger charge is 2.27. The Morgan fingerprint density at radius 1 is 1.17 bits per heavy atom. The van der Waals surface area contributed by atoms with E-state index in [4.69, 9.17) is 4.98 Å². The molecular weight excluding hydrogens is 325 g/mol. The average molecular weight is 345 g/mol. The largest absolute Gasteiger partial charge is 0.336 e. The second kappa shape index (κ2) is 6.61. The van der Waals surface area contributed by atoms with Gasteiger partial charge in [0.2, 0.25) is 0 Å². The molecule has 2 fully saturated rings. The zero-order valence-corrected chi connectivity index (χ0v) is 14.3. The minimum absolute atomic E-state index is 0.0140. The molecule has 4 nitrogen and oxygen atoms in total.